The molecule has 0 unspecified atom stereocenters. The van der Waals surface area contributed by atoms with E-state index in [2.05, 4.69) is 176 Å². The summed E-state index contributed by atoms with van der Waals surface area (Å²) in [4.78, 5) is 15.4. The van der Waals surface area contributed by atoms with Crippen molar-refractivity contribution < 1.29 is 0 Å². The first-order valence-corrected chi connectivity index (χ1v) is 21.5. The molecule has 0 N–H and O–H groups in total. The third kappa shape index (κ3) is 6.18. The smallest absolute Gasteiger partial charge is 0.164 e. The summed E-state index contributed by atoms with van der Waals surface area (Å²) in [6.45, 7) is 0. The molecule has 4 heteroatoms. The number of benzene rings is 10. The van der Waals surface area contributed by atoms with Gasteiger partial charge in [0.15, 0.2) is 17.5 Å². The third-order valence-corrected chi connectivity index (χ3v) is 12.5. The van der Waals surface area contributed by atoms with E-state index in [-0.39, 0.29) is 0 Å². The fraction of sp³-hybridized carbons (Fsp3) is 0. The van der Waals surface area contributed by atoms with Gasteiger partial charge in [-0.1, -0.05) is 200 Å². The lowest BCUT2D eigenvalue weighted by Gasteiger charge is -2.18. The second-order valence-electron chi connectivity index (χ2n) is 16.2. The summed E-state index contributed by atoms with van der Waals surface area (Å²) in [7, 11) is 0. The second-order valence-corrected chi connectivity index (χ2v) is 16.2. The van der Waals surface area contributed by atoms with E-state index in [0.717, 1.165) is 72.0 Å². The van der Waals surface area contributed by atoms with Crippen LogP contribution >= 0.6 is 0 Å². The average molecular weight is 813 g/mol. The minimum atomic E-state index is 0.601. The Hall–Kier alpha value is -8.78. The number of hydrogen-bond donors (Lipinski definition) is 0. The van der Waals surface area contributed by atoms with Crippen LogP contribution in [0.5, 0.6) is 0 Å². The van der Waals surface area contributed by atoms with Gasteiger partial charge in [0.1, 0.15) is 0 Å². The van der Waals surface area contributed by atoms with Crippen molar-refractivity contribution in [2.24, 2.45) is 0 Å². The van der Waals surface area contributed by atoms with E-state index in [1.54, 1.807) is 0 Å². The quantitative estimate of drug-likeness (QED) is 0.161. The van der Waals surface area contributed by atoms with Crippen LogP contribution in [0.3, 0.4) is 0 Å². The van der Waals surface area contributed by atoms with Gasteiger partial charge in [0.25, 0.3) is 0 Å². The highest BCUT2D eigenvalue weighted by atomic mass is 15.0. The van der Waals surface area contributed by atoms with E-state index in [0.29, 0.717) is 23.0 Å². The zero-order valence-electron chi connectivity index (χ0n) is 34.6. The lowest BCUT2D eigenvalue weighted by atomic mass is 9.85. The molecule has 296 valence electrons. The van der Waals surface area contributed by atoms with Gasteiger partial charge in [-0.05, 0) is 101 Å². The molecule has 1 heterocycles. The molecule has 10 aromatic carbocycles. The fourth-order valence-electron chi connectivity index (χ4n) is 9.61. The Labute approximate surface area is 371 Å². The van der Waals surface area contributed by atoms with E-state index in [9.17, 15) is 5.26 Å². The Kier molecular flexibility index (Phi) is 8.84. The monoisotopic (exact) mass is 812 g/mol. The van der Waals surface area contributed by atoms with Crippen LogP contribution in [0.2, 0.25) is 0 Å². The van der Waals surface area contributed by atoms with Crippen LogP contribution < -0.4 is 0 Å². The number of rotatable bonds is 7. The van der Waals surface area contributed by atoms with E-state index in [1.807, 2.05) is 48.5 Å². The summed E-state index contributed by atoms with van der Waals surface area (Å²) in [5, 5.41) is 15.4. The Morgan fingerprint density at radius 3 is 1.55 bits per heavy atom. The average Bonchev–Trinajstić information content (AvgIpc) is 3.70. The van der Waals surface area contributed by atoms with Crippen LogP contribution in [0, 0.1) is 11.3 Å². The normalized spacial score (nSPS) is 11.4. The molecule has 0 bridgehead atoms. The van der Waals surface area contributed by atoms with Gasteiger partial charge in [-0.15, -0.1) is 0 Å². The molecule has 1 aliphatic rings. The van der Waals surface area contributed by atoms with Crippen LogP contribution in [0.25, 0.3) is 122 Å². The minimum Gasteiger partial charge on any atom is -0.208 e. The van der Waals surface area contributed by atoms with Gasteiger partial charge in [-0.2, -0.15) is 5.26 Å². The SMILES string of the molecule is N#Cc1cccc(-c2ccc(-c3ccccc3-c3nc(-c4ccccc4)nc(-c4cccc5ccccc45)n3)cc2)c1-c1ccccc1-c1cc2c3c(cccc3c1)-c1ccccc1-2. The highest BCUT2D eigenvalue weighted by Crippen LogP contribution is 2.50. The first kappa shape index (κ1) is 37.0. The summed E-state index contributed by atoms with van der Waals surface area (Å²) in [6, 6.07) is 78.6. The summed E-state index contributed by atoms with van der Waals surface area (Å²) in [5.74, 6) is 1.84. The molecule has 0 saturated carbocycles. The standard InChI is InChI=1S/C60H36N4/c61-37-43-20-14-28-48(57(43)51-26-10-6-23-47(51)44-35-42-19-13-29-52-49-24-8-9-25-50(49)55(36-44)56(42)52)40-33-31-39(32-34-40)46-22-7-11-27-53(46)59-62-58(41-16-2-1-3-17-41)63-60(64-59)54-30-12-18-38-15-4-5-21-45(38)54/h1-36H. The summed E-state index contributed by atoms with van der Waals surface area (Å²) >= 11 is 0. The van der Waals surface area contributed by atoms with Crippen LogP contribution in [0.4, 0.5) is 0 Å². The van der Waals surface area contributed by atoms with Crippen molar-refractivity contribution in [3.8, 4) is 107 Å². The van der Waals surface area contributed by atoms with Gasteiger partial charge in [0.05, 0.1) is 11.6 Å². The molecule has 0 saturated heterocycles. The molecule has 0 radical (unpaired) electrons. The third-order valence-electron chi connectivity index (χ3n) is 12.5. The van der Waals surface area contributed by atoms with Gasteiger partial charge >= 0.3 is 0 Å². The van der Waals surface area contributed by atoms with E-state index < -0.39 is 0 Å². The highest BCUT2D eigenvalue weighted by Gasteiger charge is 2.24. The lowest BCUT2D eigenvalue weighted by Crippen LogP contribution is -2.01. The summed E-state index contributed by atoms with van der Waals surface area (Å²) in [6.07, 6.45) is 0. The molecule has 0 atom stereocenters. The van der Waals surface area contributed by atoms with E-state index in [1.165, 1.54) is 33.0 Å². The molecule has 0 fully saturated rings. The number of fused-ring (bicyclic) bond motifs is 4. The van der Waals surface area contributed by atoms with Crippen molar-refractivity contribution in [1.29, 1.82) is 5.26 Å². The van der Waals surface area contributed by atoms with Crippen molar-refractivity contribution in [3.05, 3.63) is 224 Å². The zero-order chi connectivity index (χ0) is 42.6. The fourth-order valence-corrected chi connectivity index (χ4v) is 9.61. The topological polar surface area (TPSA) is 62.5 Å². The van der Waals surface area contributed by atoms with Crippen molar-refractivity contribution in [1.82, 2.24) is 15.0 Å². The van der Waals surface area contributed by atoms with Crippen molar-refractivity contribution in [2.45, 2.75) is 0 Å². The predicted molar refractivity (Wildman–Crippen MR) is 262 cm³/mol. The summed E-state index contributed by atoms with van der Waals surface area (Å²) < 4.78 is 0. The minimum absolute atomic E-state index is 0.601. The van der Waals surface area contributed by atoms with Crippen molar-refractivity contribution in [3.63, 3.8) is 0 Å². The maximum Gasteiger partial charge on any atom is 0.164 e. The molecule has 12 rings (SSSR count). The zero-order valence-corrected chi connectivity index (χ0v) is 34.6. The highest BCUT2D eigenvalue weighted by molar-refractivity contribution is 6.17. The van der Waals surface area contributed by atoms with E-state index in [4.69, 9.17) is 15.0 Å². The molecule has 0 amide bonds. The van der Waals surface area contributed by atoms with Crippen LogP contribution in [0.15, 0.2) is 218 Å². The molecule has 4 nitrogen and oxygen atoms in total. The van der Waals surface area contributed by atoms with Crippen molar-refractivity contribution >= 4 is 21.5 Å². The second kappa shape index (κ2) is 15.3. The molecule has 11 aromatic rings. The first-order chi connectivity index (χ1) is 31.7. The lowest BCUT2D eigenvalue weighted by molar-refractivity contribution is 1.08. The summed E-state index contributed by atoms with van der Waals surface area (Å²) in [5.41, 5.74) is 16.7. The molecule has 1 aromatic heterocycles. The Morgan fingerprint density at radius 1 is 0.297 bits per heavy atom. The van der Waals surface area contributed by atoms with Crippen molar-refractivity contribution in [2.75, 3.05) is 0 Å². The maximum absolute atomic E-state index is 10.7. The Balaban J connectivity index is 0.964. The Bertz CT molecular complexity index is 3670. The van der Waals surface area contributed by atoms with Gasteiger partial charge in [0.2, 0.25) is 0 Å². The molecular formula is C60H36N4. The molecule has 0 spiro atoms. The number of aromatic nitrogens is 3. The molecule has 64 heavy (non-hydrogen) atoms. The van der Waals surface area contributed by atoms with Gasteiger partial charge in [-0.25, -0.2) is 15.0 Å². The molecule has 1 aliphatic carbocycles. The molecule has 0 aliphatic heterocycles. The number of hydrogen-bond acceptors (Lipinski definition) is 4. The van der Waals surface area contributed by atoms with Gasteiger partial charge < -0.3 is 0 Å². The van der Waals surface area contributed by atoms with Crippen LogP contribution in [-0.4, -0.2) is 15.0 Å². The maximum atomic E-state index is 10.7. The first-order valence-electron chi connectivity index (χ1n) is 21.5. The molecular weight excluding hydrogens is 777 g/mol. The van der Waals surface area contributed by atoms with Crippen LogP contribution in [-0.2, 0) is 0 Å². The largest absolute Gasteiger partial charge is 0.208 e. The van der Waals surface area contributed by atoms with Gasteiger partial charge in [0, 0.05) is 22.3 Å². The Morgan fingerprint density at radius 2 is 0.797 bits per heavy atom. The van der Waals surface area contributed by atoms with Gasteiger partial charge in [-0.3, -0.25) is 0 Å². The number of nitriles is 1. The van der Waals surface area contributed by atoms with Crippen LogP contribution in [0.1, 0.15) is 5.56 Å². The number of nitrogens with zero attached hydrogens (tertiary/aromatic N) is 4. The predicted octanol–water partition coefficient (Wildman–Crippen LogP) is 15.4. The van der Waals surface area contributed by atoms with E-state index >= 15 is 0 Å².